The van der Waals surface area contributed by atoms with Crippen LogP contribution in [0, 0.1) is 0 Å². The van der Waals surface area contributed by atoms with Gasteiger partial charge in [0, 0.05) is 37.9 Å². The van der Waals surface area contributed by atoms with Crippen LogP contribution in [0.5, 0.6) is 0 Å². The molecule has 1 aromatic heterocycles. The molecule has 0 bridgehead atoms. The number of ether oxygens (including phenoxy) is 1. The smallest absolute Gasteiger partial charge is 0.110 e. The molecule has 2 aliphatic rings. The molecule has 3 N–H and O–H groups in total. The number of nitrogens with one attached hydrogen (secondary N) is 1. The molecule has 3 unspecified atom stereocenters. The molecule has 1 aromatic rings. The van der Waals surface area contributed by atoms with Gasteiger partial charge < -0.3 is 9.30 Å². The number of imidazole rings is 1. The number of nitrogens with two attached hydrogens (primary N) is 1. The first-order valence-electron chi connectivity index (χ1n) is 8.13. The fourth-order valence-electron chi connectivity index (χ4n) is 3.56. The Hall–Kier alpha value is -0.950. The summed E-state index contributed by atoms with van der Waals surface area (Å²) in [5.74, 6) is 6.89. The lowest BCUT2D eigenvalue weighted by molar-refractivity contribution is -0.0647. The minimum absolute atomic E-state index is 0.115. The average molecular weight is 293 g/mol. The number of hydrazine groups is 1. The number of aryl methyl sites for hydroxylation is 1. The summed E-state index contributed by atoms with van der Waals surface area (Å²) in [5, 5.41) is 0. The summed E-state index contributed by atoms with van der Waals surface area (Å²) in [7, 11) is 0. The highest BCUT2D eigenvalue weighted by Gasteiger charge is 2.35. The molecular weight excluding hydrogens is 266 g/mol. The van der Waals surface area contributed by atoms with Gasteiger partial charge in [0.25, 0.3) is 0 Å². The molecule has 3 heterocycles. The Morgan fingerprint density at radius 3 is 3.29 bits per heavy atom. The van der Waals surface area contributed by atoms with Crippen LogP contribution in [0.3, 0.4) is 0 Å². The zero-order valence-electron chi connectivity index (χ0n) is 12.9. The van der Waals surface area contributed by atoms with Gasteiger partial charge in [0.2, 0.25) is 0 Å². The van der Waals surface area contributed by atoms with Gasteiger partial charge in [-0.3, -0.25) is 16.2 Å². The van der Waals surface area contributed by atoms with Gasteiger partial charge in [-0.05, 0) is 25.8 Å². The van der Waals surface area contributed by atoms with E-state index in [1.165, 1.54) is 19.4 Å². The summed E-state index contributed by atoms with van der Waals surface area (Å²) in [6.45, 7) is 6.21. The number of hydrogen-bond donors (Lipinski definition) is 2. The molecule has 21 heavy (non-hydrogen) atoms. The van der Waals surface area contributed by atoms with E-state index in [2.05, 4.69) is 26.8 Å². The molecule has 3 rings (SSSR count). The minimum atomic E-state index is 0.115. The predicted molar refractivity (Wildman–Crippen MR) is 81.7 cm³/mol. The molecule has 6 nitrogen and oxygen atoms in total. The van der Waals surface area contributed by atoms with Crippen LogP contribution >= 0.6 is 0 Å². The summed E-state index contributed by atoms with van der Waals surface area (Å²) in [4.78, 5) is 7.03. The highest BCUT2D eigenvalue weighted by atomic mass is 16.5. The third kappa shape index (κ3) is 3.29. The largest absolute Gasteiger partial charge is 0.374 e. The van der Waals surface area contributed by atoms with Crippen molar-refractivity contribution in [2.24, 2.45) is 5.84 Å². The van der Waals surface area contributed by atoms with Gasteiger partial charge >= 0.3 is 0 Å². The molecule has 0 amide bonds. The van der Waals surface area contributed by atoms with Crippen LogP contribution in [-0.4, -0.2) is 52.3 Å². The van der Waals surface area contributed by atoms with Crippen molar-refractivity contribution in [2.75, 3.05) is 19.7 Å². The number of rotatable bonds is 6. The van der Waals surface area contributed by atoms with Crippen LogP contribution < -0.4 is 11.3 Å². The van der Waals surface area contributed by atoms with Crippen LogP contribution in [0.4, 0.5) is 0 Å². The summed E-state index contributed by atoms with van der Waals surface area (Å²) < 4.78 is 8.29. The zero-order valence-corrected chi connectivity index (χ0v) is 12.9. The Morgan fingerprint density at radius 2 is 2.48 bits per heavy atom. The third-order valence-electron chi connectivity index (χ3n) is 4.75. The highest BCUT2D eigenvalue weighted by Crippen LogP contribution is 2.24. The maximum absolute atomic E-state index is 6.07. The monoisotopic (exact) mass is 293 g/mol. The SMILES string of the molecule is CCCn1ccnc1CC(NN)C1CN2CCCC2CO1. The summed E-state index contributed by atoms with van der Waals surface area (Å²) in [5.41, 5.74) is 2.95. The van der Waals surface area contributed by atoms with Crippen molar-refractivity contribution in [3.63, 3.8) is 0 Å². The van der Waals surface area contributed by atoms with E-state index in [0.717, 1.165) is 38.4 Å². The van der Waals surface area contributed by atoms with Gasteiger partial charge in [-0.2, -0.15) is 0 Å². The Balaban J connectivity index is 1.63. The third-order valence-corrected chi connectivity index (χ3v) is 4.75. The lowest BCUT2D eigenvalue weighted by Gasteiger charge is -2.38. The Morgan fingerprint density at radius 1 is 1.57 bits per heavy atom. The van der Waals surface area contributed by atoms with Gasteiger partial charge in [-0.1, -0.05) is 6.92 Å². The molecule has 0 spiro atoms. The molecule has 0 aliphatic carbocycles. The Bertz CT molecular complexity index is 449. The maximum Gasteiger partial charge on any atom is 0.110 e. The zero-order chi connectivity index (χ0) is 14.7. The number of hydrogen-bond acceptors (Lipinski definition) is 5. The molecule has 3 atom stereocenters. The Labute approximate surface area is 126 Å². The van der Waals surface area contributed by atoms with Crippen molar-refractivity contribution < 1.29 is 4.74 Å². The lowest BCUT2D eigenvalue weighted by atomic mass is 10.0. The maximum atomic E-state index is 6.07. The van der Waals surface area contributed by atoms with Crippen molar-refractivity contribution in [1.82, 2.24) is 19.9 Å². The first-order chi connectivity index (χ1) is 10.3. The molecule has 0 radical (unpaired) electrons. The van der Waals surface area contributed by atoms with Gasteiger partial charge in [0.05, 0.1) is 18.8 Å². The van der Waals surface area contributed by atoms with Gasteiger partial charge in [-0.15, -0.1) is 0 Å². The minimum Gasteiger partial charge on any atom is -0.374 e. The second-order valence-corrected chi connectivity index (χ2v) is 6.18. The van der Waals surface area contributed by atoms with Crippen molar-refractivity contribution in [3.8, 4) is 0 Å². The van der Waals surface area contributed by atoms with Gasteiger partial charge in [0.15, 0.2) is 0 Å². The van der Waals surface area contributed by atoms with Crippen LogP contribution in [-0.2, 0) is 17.7 Å². The van der Waals surface area contributed by atoms with E-state index < -0.39 is 0 Å². The molecule has 6 heteroatoms. The summed E-state index contributed by atoms with van der Waals surface area (Å²) in [6, 6.07) is 0.742. The fourth-order valence-corrected chi connectivity index (χ4v) is 3.56. The van der Waals surface area contributed by atoms with Crippen LogP contribution in [0.15, 0.2) is 12.4 Å². The van der Waals surface area contributed by atoms with E-state index in [4.69, 9.17) is 10.6 Å². The number of morpholine rings is 1. The standard InChI is InChI=1S/C15H27N5O/c1-2-6-19-8-5-17-15(19)9-13(18-16)14-10-20-7-3-4-12(20)11-21-14/h5,8,12-14,18H,2-4,6-7,9-11,16H2,1H3. The molecule has 2 saturated heterocycles. The Kier molecular flexibility index (Phi) is 4.90. The van der Waals surface area contributed by atoms with Crippen molar-refractivity contribution in [1.29, 1.82) is 0 Å². The van der Waals surface area contributed by atoms with Crippen molar-refractivity contribution in [2.45, 2.75) is 57.3 Å². The van der Waals surface area contributed by atoms with Crippen LogP contribution in [0.2, 0.25) is 0 Å². The molecular formula is C15H27N5O. The van der Waals surface area contributed by atoms with Gasteiger partial charge in [0.1, 0.15) is 5.82 Å². The molecule has 0 aromatic carbocycles. The highest BCUT2D eigenvalue weighted by molar-refractivity contribution is 4.99. The summed E-state index contributed by atoms with van der Waals surface area (Å²) >= 11 is 0. The quantitative estimate of drug-likeness (QED) is 0.591. The second kappa shape index (κ2) is 6.87. The van der Waals surface area contributed by atoms with Crippen molar-refractivity contribution >= 4 is 0 Å². The van der Waals surface area contributed by atoms with E-state index in [9.17, 15) is 0 Å². The predicted octanol–water partition coefficient (Wildman–Crippen LogP) is 0.531. The lowest BCUT2D eigenvalue weighted by Crippen LogP contribution is -2.56. The van der Waals surface area contributed by atoms with E-state index in [0.29, 0.717) is 6.04 Å². The summed E-state index contributed by atoms with van der Waals surface area (Å²) in [6.07, 6.45) is 8.56. The molecule has 118 valence electrons. The van der Waals surface area contributed by atoms with E-state index >= 15 is 0 Å². The van der Waals surface area contributed by atoms with Gasteiger partial charge in [-0.25, -0.2) is 4.98 Å². The molecule has 2 aliphatic heterocycles. The van der Waals surface area contributed by atoms with Crippen LogP contribution in [0.1, 0.15) is 32.0 Å². The second-order valence-electron chi connectivity index (χ2n) is 6.18. The normalized spacial score (nSPS) is 27.7. The number of fused-ring (bicyclic) bond motifs is 1. The first-order valence-corrected chi connectivity index (χ1v) is 8.13. The van der Waals surface area contributed by atoms with E-state index in [1.807, 2.05) is 12.4 Å². The van der Waals surface area contributed by atoms with Crippen LogP contribution in [0.25, 0.3) is 0 Å². The van der Waals surface area contributed by atoms with E-state index in [1.54, 1.807) is 0 Å². The topological polar surface area (TPSA) is 68.3 Å². The molecule has 2 fully saturated rings. The first kappa shape index (κ1) is 15.0. The molecule has 0 saturated carbocycles. The number of aromatic nitrogens is 2. The average Bonchev–Trinajstić information content (AvgIpc) is 3.13. The number of nitrogens with zero attached hydrogens (tertiary/aromatic N) is 3. The van der Waals surface area contributed by atoms with Crippen molar-refractivity contribution in [3.05, 3.63) is 18.2 Å². The fraction of sp³-hybridized carbons (Fsp3) is 0.800. The van der Waals surface area contributed by atoms with E-state index in [-0.39, 0.29) is 12.1 Å².